The summed E-state index contributed by atoms with van der Waals surface area (Å²) >= 11 is 1.59. The maximum Gasteiger partial charge on any atom is 0.307 e. The average molecular weight is 256 g/mol. The van der Waals surface area contributed by atoms with Gasteiger partial charge < -0.3 is 4.74 Å². The van der Waals surface area contributed by atoms with Crippen molar-refractivity contribution in [3.05, 3.63) is 16.6 Å². The van der Waals surface area contributed by atoms with E-state index in [2.05, 4.69) is 23.7 Å². The molecular formula is C12H20N2O2S. The van der Waals surface area contributed by atoms with Gasteiger partial charge in [0, 0.05) is 11.6 Å². The lowest BCUT2D eigenvalue weighted by atomic mass is 10.2. The van der Waals surface area contributed by atoms with E-state index in [0.717, 1.165) is 18.1 Å². The van der Waals surface area contributed by atoms with Crippen LogP contribution < -0.4 is 0 Å². The molecule has 4 nitrogen and oxygen atoms in total. The number of rotatable bonds is 7. The quantitative estimate of drug-likeness (QED) is 0.703. The summed E-state index contributed by atoms with van der Waals surface area (Å²) in [6, 6.07) is 0.0454. The van der Waals surface area contributed by atoms with Crippen LogP contribution in [0, 0.1) is 0 Å². The molecule has 0 aliphatic heterocycles. The second kappa shape index (κ2) is 7.40. The van der Waals surface area contributed by atoms with Crippen LogP contribution in [-0.4, -0.2) is 35.5 Å². The number of carbonyl (C=O) groups excluding carboxylic acids is 1. The Morgan fingerprint density at radius 1 is 1.47 bits per heavy atom. The first-order chi connectivity index (χ1) is 8.22. The number of hydrogen-bond acceptors (Lipinski definition) is 5. The Hall–Kier alpha value is -0.940. The van der Waals surface area contributed by atoms with Gasteiger partial charge in [0.1, 0.15) is 5.01 Å². The molecule has 0 N–H and O–H groups in total. The average Bonchev–Trinajstić information content (AvgIpc) is 2.83. The highest BCUT2D eigenvalue weighted by molar-refractivity contribution is 7.09. The zero-order valence-electron chi connectivity index (χ0n) is 10.7. The van der Waals surface area contributed by atoms with Gasteiger partial charge in [0.2, 0.25) is 0 Å². The molecule has 0 saturated heterocycles. The van der Waals surface area contributed by atoms with Gasteiger partial charge in [0.25, 0.3) is 0 Å². The van der Waals surface area contributed by atoms with Gasteiger partial charge in [-0.15, -0.1) is 11.3 Å². The molecule has 0 aliphatic carbocycles. The fourth-order valence-electron chi connectivity index (χ4n) is 1.81. The molecule has 0 spiro atoms. The summed E-state index contributed by atoms with van der Waals surface area (Å²) < 4.78 is 5.02. The Labute approximate surface area is 107 Å². The minimum atomic E-state index is -0.153. The number of nitrogens with zero attached hydrogens (tertiary/aromatic N) is 2. The molecule has 1 aromatic heterocycles. The van der Waals surface area contributed by atoms with Crippen molar-refractivity contribution in [3.8, 4) is 0 Å². The standard InChI is InChI=1S/C12H20N2O2S/c1-4-14(5-2)10(9-11(15)16-6-3)12-13-7-8-17-12/h7-8,10H,4-6,9H2,1-3H3. The molecular weight excluding hydrogens is 236 g/mol. The van der Waals surface area contributed by atoms with Crippen LogP contribution >= 0.6 is 11.3 Å². The first-order valence-electron chi connectivity index (χ1n) is 6.01. The molecule has 1 atom stereocenters. The third-order valence-corrected chi connectivity index (χ3v) is 3.53. The number of thiazole rings is 1. The second-order valence-electron chi connectivity index (χ2n) is 3.62. The lowest BCUT2D eigenvalue weighted by molar-refractivity contribution is -0.144. The largest absolute Gasteiger partial charge is 0.466 e. The Balaban J connectivity index is 2.76. The van der Waals surface area contributed by atoms with E-state index in [-0.39, 0.29) is 12.0 Å². The van der Waals surface area contributed by atoms with Crippen LogP contribution in [0.4, 0.5) is 0 Å². The van der Waals surface area contributed by atoms with Crippen LogP contribution in [0.2, 0.25) is 0 Å². The number of hydrogen-bond donors (Lipinski definition) is 0. The van der Waals surface area contributed by atoms with E-state index in [4.69, 9.17) is 4.74 Å². The van der Waals surface area contributed by atoms with Crippen molar-refractivity contribution in [1.82, 2.24) is 9.88 Å². The summed E-state index contributed by atoms with van der Waals surface area (Å²) in [6.07, 6.45) is 2.16. The minimum Gasteiger partial charge on any atom is -0.466 e. The van der Waals surface area contributed by atoms with Crippen molar-refractivity contribution in [3.63, 3.8) is 0 Å². The topological polar surface area (TPSA) is 42.4 Å². The molecule has 5 heteroatoms. The van der Waals surface area contributed by atoms with Gasteiger partial charge in [-0.3, -0.25) is 9.69 Å². The van der Waals surface area contributed by atoms with Gasteiger partial charge in [-0.2, -0.15) is 0 Å². The Bertz CT molecular complexity index is 323. The van der Waals surface area contributed by atoms with Crippen molar-refractivity contribution in [2.24, 2.45) is 0 Å². The third-order valence-electron chi connectivity index (χ3n) is 2.65. The highest BCUT2D eigenvalue weighted by Crippen LogP contribution is 2.26. The SMILES string of the molecule is CCOC(=O)CC(c1nccs1)N(CC)CC. The molecule has 17 heavy (non-hydrogen) atoms. The molecule has 0 aromatic carbocycles. The van der Waals surface area contributed by atoms with E-state index >= 15 is 0 Å². The summed E-state index contributed by atoms with van der Waals surface area (Å²) in [5.41, 5.74) is 0. The van der Waals surface area contributed by atoms with Crippen molar-refractivity contribution >= 4 is 17.3 Å². The number of esters is 1. The summed E-state index contributed by atoms with van der Waals surface area (Å²) in [5.74, 6) is -0.153. The maximum absolute atomic E-state index is 11.6. The molecule has 0 amide bonds. The normalized spacial score (nSPS) is 12.7. The molecule has 0 aliphatic rings. The van der Waals surface area contributed by atoms with Crippen molar-refractivity contribution < 1.29 is 9.53 Å². The highest BCUT2D eigenvalue weighted by atomic mass is 32.1. The monoisotopic (exact) mass is 256 g/mol. The Morgan fingerprint density at radius 2 is 2.18 bits per heavy atom. The van der Waals surface area contributed by atoms with Gasteiger partial charge in [-0.05, 0) is 20.0 Å². The van der Waals surface area contributed by atoms with E-state index < -0.39 is 0 Å². The van der Waals surface area contributed by atoms with Gasteiger partial charge in [-0.1, -0.05) is 13.8 Å². The predicted octanol–water partition coefficient (Wildman–Crippen LogP) is 2.48. The second-order valence-corrected chi connectivity index (χ2v) is 4.54. The fraction of sp³-hybridized carbons (Fsp3) is 0.667. The molecule has 0 saturated carbocycles. The smallest absolute Gasteiger partial charge is 0.307 e. The first kappa shape index (κ1) is 14.1. The molecule has 1 aromatic rings. The highest BCUT2D eigenvalue weighted by Gasteiger charge is 2.23. The summed E-state index contributed by atoms with van der Waals surface area (Å²) in [4.78, 5) is 18.2. The summed E-state index contributed by atoms with van der Waals surface area (Å²) in [7, 11) is 0. The van der Waals surface area contributed by atoms with Crippen molar-refractivity contribution in [1.29, 1.82) is 0 Å². The van der Waals surface area contributed by atoms with Crippen LogP contribution in [-0.2, 0) is 9.53 Å². The lowest BCUT2D eigenvalue weighted by Gasteiger charge is -2.27. The van der Waals surface area contributed by atoms with Crippen LogP contribution in [0.5, 0.6) is 0 Å². The van der Waals surface area contributed by atoms with E-state index in [1.165, 1.54) is 0 Å². The van der Waals surface area contributed by atoms with Crippen LogP contribution in [0.25, 0.3) is 0 Å². The number of carbonyl (C=O) groups is 1. The van der Waals surface area contributed by atoms with Crippen LogP contribution in [0.1, 0.15) is 38.2 Å². The van der Waals surface area contributed by atoms with Gasteiger partial charge >= 0.3 is 5.97 Å². The fourth-order valence-corrected chi connectivity index (χ4v) is 2.59. The lowest BCUT2D eigenvalue weighted by Crippen LogP contribution is -2.30. The first-order valence-corrected chi connectivity index (χ1v) is 6.89. The maximum atomic E-state index is 11.6. The van der Waals surface area contributed by atoms with Crippen LogP contribution in [0.15, 0.2) is 11.6 Å². The Kier molecular flexibility index (Phi) is 6.15. The van der Waals surface area contributed by atoms with E-state index in [0.29, 0.717) is 13.0 Å². The molecule has 1 unspecified atom stereocenters. The van der Waals surface area contributed by atoms with Gasteiger partial charge in [0.05, 0.1) is 19.1 Å². The molecule has 0 radical (unpaired) electrons. The van der Waals surface area contributed by atoms with E-state index in [9.17, 15) is 4.79 Å². The third kappa shape index (κ3) is 4.09. The molecule has 1 rings (SSSR count). The zero-order valence-corrected chi connectivity index (χ0v) is 11.5. The van der Waals surface area contributed by atoms with E-state index in [1.807, 2.05) is 12.3 Å². The summed E-state index contributed by atoms with van der Waals surface area (Å²) in [5, 5.41) is 2.93. The predicted molar refractivity (Wildman–Crippen MR) is 69.0 cm³/mol. The van der Waals surface area contributed by atoms with Gasteiger partial charge in [0.15, 0.2) is 0 Å². The summed E-state index contributed by atoms with van der Waals surface area (Å²) in [6.45, 7) is 8.25. The zero-order chi connectivity index (χ0) is 12.7. The van der Waals surface area contributed by atoms with E-state index in [1.54, 1.807) is 17.5 Å². The molecule has 0 fully saturated rings. The number of aromatic nitrogens is 1. The Morgan fingerprint density at radius 3 is 2.65 bits per heavy atom. The van der Waals surface area contributed by atoms with Gasteiger partial charge in [-0.25, -0.2) is 4.98 Å². The van der Waals surface area contributed by atoms with Crippen LogP contribution in [0.3, 0.4) is 0 Å². The van der Waals surface area contributed by atoms with Crippen molar-refractivity contribution in [2.45, 2.75) is 33.2 Å². The van der Waals surface area contributed by atoms with Crippen molar-refractivity contribution in [2.75, 3.05) is 19.7 Å². The molecule has 96 valence electrons. The number of ether oxygens (including phenoxy) is 1. The molecule has 0 bridgehead atoms. The molecule has 1 heterocycles. The minimum absolute atomic E-state index is 0.0454.